The van der Waals surface area contributed by atoms with Crippen LogP contribution in [0.25, 0.3) is 11.0 Å². The fraction of sp³-hybridized carbons (Fsp3) is 0.333. The summed E-state index contributed by atoms with van der Waals surface area (Å²) < 4.78 is 11.9. The van der Waals surface area contributed by atoms with Crippen LogP contribution in [-0.4, -0.2) is 40.5 Å². The third-order valence-corrected chi connectivity index (χ3v) is 5.95. The number of para-hydroxylation sites is 2. The molecule has 0 radical (unpaired) electrons. The van der Waals surface area contributed by atoms with Crippen LogP contribution in [0.15, 0.2) is 60.4 Å². The lowest BCUT2D eigenvalue weighted by molar-refractivity contribution is -0.166. The Morgan fingerprint density at radius 3 is 2.76 bits per heavy atom. The second kappa shape index (κ2) is 11.0. The Kier molecular flexibility index (Phi) is 7.63. The van der Waals surface area contributed by atoms with E-state index in [0.29, 0.717) is 25.3 Å². The molecule has 0 spiro atoms. The van der Waals surface area contributed by atoms with Crippen LogP contribution in [0.5, 0.6) is 0 Å². The summed E-state index contributed by atoms with van der Waals surface area (Å²) in [5, 5.41) is 12.3. The number of amides is 1. The maximum Gasteiger partial charge on any atom is 0.286 e. The molecule has 0 unspecified atom stereocenters. The van der Waals surface area contributed by atoms with Gasteiger partial charge in [0, 0.05) is 30.6 Å². The number of carbonyl (C=O) groups is 1. The number of terminal acetylenes is 1. The van der Waals surface area contributed by atoms with Crippen molar-refractivity contribution in [1.29, 1.82) is 0 Å². The SMILES string of the molecule is C#Cc1ccc([C@@H]2C=C(C(=O)NCc3nc4ccccc4[nH]3)O[C@H](OCC)[C@@H]2CCCO)cc1. The molecule has 3 atom stereocenters. The predicted molar refractivity (Wildman–Crippen MR) is 129 cm³/mol. The van der Waals surface area contributed by atoms with Gasteiger partial charge in [-0.1, -0.05) is 30.2 Å². The van der Waals surface area contributed by atoms with E-state index in [1.54, 1.807) is 0 Å². The molecule has 1 aliphatic heterocycles. The summed E-state index contributed by atoms with van der Waals surface area (Å²) >= 11 is 0. The molecule has 176 valence electrons. The fourth-order valence-corrected chi connectivity index (χ4v) is 4.29. The number of aliphatic hydroxyl groups excluding tert-OH is 1. The van der Waals surface area contributed by atoms with Crippen LogP contribution in [0.1, 0.15) is 42.6 Å². The maximum absolute atomic E-state index is 13.1. The molecule has 2 aromatic carbocycles. The number of H-pyrrole nitrogens is 1. The lowest BCUT2D eigenvalue weighted by Gasteiger charge is -2.37. The van der Waals surface area contributed by atoms with Crippen molar-refractivity contribution in [2.24, 2.45) is 5.92 Å². The standard InChI is InChI=1S/C27H29N3O4/c1-3-18-11-13-19(14-12-18)21-16-24(34-27(33-4-2)20(21)8-7-15-31)26(32)28-17-25-29-22-9-5-6-10-23(22)30-25/h1,5-6,9-14,16,20-21,27,31H,4,7-8,15,17H2,2H3,(H,28,32)(H,29,30)/t20-,21+,27+/m1/s1. The zero-order chi connectivity index (χ0) is 23.9. The maximum atomic E-state index is 13.1. The fourth-order valence-electron chi connectivity index (χ4n) is 4.29. The lowest BCUT2D eigenvalue weighted by Crippen LogP contribution is -2.39. The number of rotatable bonds is 9. The summed E-state index contributed by atoms with van der Waals surface area (Å²) in [7, 11) is 0. The number of allylic oxidation sites excluding steroid dienone is 1. The van der Waals surface area contributed by atoms with E-state index in [4.69, 9.17) is 15.9 Å². The zero-order valence-corrected chi connectivity index (χ0v) is 19.2. The summed E-state index contributed by atoms with van der Waals surface area (Å²) in [6, 6.07) is 15.4. The van der Waals surface area contributed by atoms with Crippen LogP contribution in [0.2, 0.25) is 0 Å². The number of hydrogen-bond acceptors (Lipinski definition) is 5. The highest BCUT2D eigenvalue weighted by Crippen LogP contribution is 2.39. The van der Waals surface area contributed by atoms with Crippen molar-refractivity contribution in [2.45, 2.75) is 38.5 Å². The molecule has 7 nitrogen and oxygen atoms in total. The van der Waals surface area contributed by atoms with Gasteiger partial charge in [0.2, 0.25) is 6.29 Å². The molecule has 1 amide bonds. The van der Waals surface area contributed by atoms with E-state index in [-0.39, 0.29) is 36.7 Å². The average Bonchev–Trinajstić information content (AvgIpc) is 3.29. The number of benzene rings is 2. The number of imidazole rings is 1. The molecule has 1 aliphatic rings. The van der Waals surface area contributed by atoms with Crippen molar-refractivity contribution in [3.05, 3.63) is 77.3 Å². The van der Waals surface area contributed by atoms with Crippen molar-refractivity contribution in [1.82, 2.24) is 15.3 Å². The number of nitrogens with zero attached hydrogens (tertiary/aromatic N) is 1. The Bertz CT molecular complexity index is 1160. The van der Waals surface area contributed by atoms with Gasteiger partial charge in [0.25, 0.3) is 5.91 Å². The van der Waals surface area contributed by atoms with Crippen LogP contribution in [0.4, 0.5) is 0 Å². The molecule has 2 heterocycles. The Morgan fingerprint density at radius 2 is 2.06 bits per heavy atom. The third-order valence-electron chi connectivity index (χ3n) is 5.95. The predicted octanol–water partition coefficient (Wildman–Crippen LogP) is 3.61. The first-order valence-corrected chi connectivity index (χ1v) is 11.5. The molecule has 0 saturated carbocycles. The summed E-state index contributed by atoms with van der Waals surface area (Å²) in [5.41, 5.74) is 3.56. The molecule has 0 saturated heterocycles. The Balaban J connectivity index is 1.57. The summed E-state index contributed by atoms with van der Waals surface area (Å²) in [4.78, 5) is 20.8. The van der Waals surface area contributed by atoms with Crippen molar-refractivity contribution in [2.75, 3.05) is 13.2 Å². The van der Waals surface area contributed by atoms with Gasteiger partial charge >= 0.3 is 0 Å². The van der Waals surface area contributed by atoms with Gasteiger partial charge in [-0.15, -0.1) is 6.42 Å². The van der Waals surface area contributed by atoms with Crippen LogP contribution < -0.4 is 5.32 Å². The van der Waals surface area contributed by atoms with Gasteiger partial charge in [-0.3, -0.25) is 4.79 Å². The van der Waals surface area contributed by atoms with Gasteiger partial charge in [0.05, 0.1) is 17.6 Å². The molecular weight excluding hydrogens is 430 g/mol. The number of aliphatic hydroxyl groups is 1. The van der Waals surface area contributed by atoms with Crippen molar-refractivity contribution in [3.63, 3.8) is 0 Å². The van der Waals surface area contributed by atoms with E-state index in [0.717, 1.165) is 22.2 Å². The van der Waals surface area contributed by atoms with Gasteiger partial charge in [-0.25, -0.2) is 4.98 Å². The number of hydrogen-bond donors (Lipinski definition) is 3. The second-order valence-electron chi connectivity index (χ2n) is 8.18. The van der Waals surface area contributed by atoms with Crippen LogP contribution in [-0.2, 0) is 20.8 Å². The molecule has 1 aromatic heterocycles. The van der Waals surface area contributed by atoms with E-state index in [1.165, 1.54) is 0 Å². The quantitative estimate of drug-likeness (QED) is 0.425. The van der Waals surface area contributed by atoms with E-state index in [2.05, 4.69) is 21.2 Å². The normalized spacial score (nSPS) is 19.8. The van der Waals surface area contributed by atoms with Gasteiger partial charge < -0.3 is 24.9 Å². The molecule has 4 rings (SSSR count). The minimum absolute atomic E-state index is 0.0595. The average molecular weight is 460 g/mol. The molecule has 3 aromatic rings. The monoisotopic (exact) mass is 459 g/mol. The number of ether oxygens (including phenoxy) is 2. The minimum atomic E-state index is -0.606. The zero-order valence-electron chi connectivity index (χ0n) is 19.2. The van der Waals surface area contributed by atoms with Gasteiger partial charge in [-0.05, 0) is 55.7 Å². The summed E-state index contributed by atoms with van der Waals surface area (Å²) in [5.74, 6) is 2.97. The number of nitrogens with one attached hydrogen (secondary N) is 2. The number of aromatic amines is 1. The largest absolute Gasteiger partial charge is 0.459 e. The summed E-state index contributed by atoms with van der Waals surface area (Å²) in [6.07, 6.45) is 8.05. The van der Waals surface area contributed by atoms with Crippen molar-refractivity contribution in [3.8, 4) is 12.3 Å². The highest BCUT2D eigenvalue weighted by Gasteiger charge is 2.37. The topological polar surface area (TPSA) is 96.5 Å². The number of fused-ring (bicyclic) bond motifs is 1. The first-order chi connectivity index (χ1) is 16.6. The van der Waals surface area contributed by atoms with E-state index in [1.807, 2.05) is 61.5 Å². The second-order valence-corrected chi connectivity index (χ2v) is 8.18. The van der Waals surface area contributed by atoms with Crippen molar-refractivity contribution >= 4 is 16.9 Å². The molecule has 7 heteroatoms. The van der Waals surface area contributed by atoms with E-state index in [9.17, 15) is 9.90 Å². The van der Waals surface area contributed by atoms with E-state index >= 15 is 0 Å². The van der Waals surface area contributed by atoms with Crippen LogP contribution >= 0.6 is 0 Å². The van der Waals surface area contributed by atoms with Crippen LogP contribution in [0, 0.1) is 18.3 Å². The molecular formula is C27H29N3O4. The highest BCUT2D eigenvalue weighted by atomic mass is 16.7. The smallest absolute Gasteiger partial charge is 0.286 e. The molecule has 0 fully saturated rings. The van der Waals surface area contributed by atoms with Gasteiger partial charge in [0.1, 0.15) is 5.82 Å². The molecule has 0 aliphatic carbocycles. The number of aromatic nitrogens is 2. The van der Waals surface area contributed by atoms with Crippen molar-refractivity contribution < 1.29 is 19.4 Å². The lowest BCUT2D eigenvalue weighted by atomic mass is 9.80. The van der Waals surface area contributed by atoms with E-state index < -0.39 is 6.29 Å². The third kappa shape index (κ3) is 5.30. The first-order valence-electron chi connectivity index (χ1n) is 11.5. The first kappa shape index (κ1) is 23.6. The Morgan fingerprint density at radius 1 is 1.26 bits per heavy atom. The summed E-state index contributed by atoms with van der Waals surface area (Å²) in [6.45, 7) is 2.65. The molecule has 34 heavy (non-hydrogen) atoms. The molecule has 0 bridgehead atoms. The molecule has 3 N–H and O–H groups in total. The van der Waals surface area contributed by atoms with Gasteiger partial charge in [-0.2, -0.15) is 0 Å². The highest BCUT2D eigenvalue weighted by molar-refractivity contribution is 5.91. The van der Waals surface area contributed by atoms with Gasteiger partial charge in [0.15, 0.2) is 5.76 Å². The van der Waals surface area contributed by atoms with Crippen LogP contribution in [0.3, 0.4) is 0 Å². The number of carbonyl (C=O) groups excluding carboxylic acids is 1. The minimum Gasteiger partial charge on any atom is -0.459 e. The Hall–Kier alpha value is -3.60. The Labute approximate surface area is 199 Å².